The first-order valence-electron chi connectivity index (χ1n) is 6.57. The van der Waals surface area contributed by atoms with Crippen molar-refractivity contribution < 1.29 is 9.59 Å². The Kier molecular flexibility index (Phi) is 3.75. The highest BCUT2D eigenvalue weighted by atomic mass is 79.9. The van der Waals surface area contributed by atoms with Crippen LogP contribution in [0, 0.1) is 0 Å². The molecule has 0 radical (unpaired) electrons. The molecule has 0 atom stereocenters. The quantitative estimate of drug-likeness (QED) is 0.910. The highest BCUT2D eigenvalue weighted by molar-refractivity contribution is 9.10. The minimum atomic E-state index is -0.211. The van der Waals surface area contributed by atoms with Gasteiger partial charge in [-0.3, -0.25) is 9.59 Å². The Morgan fingerprint density at radius 1 is 1.05 bits per heavy atom. The predicted molar refractivity (Wildman–Crippen MR) is 84.1 cm³/mol. The molecule has 0 aromatic heterocycles. The maximum Gasteiger partial charge on any atom is 0.253 e. The number of nitrogens with zero attached hydrogens (tertiary/aromatic N) is 1. The molecule has 0 aliphatic carbocycles. The Morgan fingerprint density at radius 2 is 1.76 bits per heavy atom. The number of hydrogen-bond acceptors (Lipinski definition) is 2. The molecule has 0 saturated carbocycles. The van der Waals surface area contributed by atoms with Gasteiger partial charge in [0.1, 0.15) is 0 Å². The van der Waals surface area contributed by atoms with E-state index in [0.717, 1.165) is 10.0 Å². The van der Waals surface area contributed by atoms with E-state index >= 15 is 0 Å². The number of halogens is 1. The zero-order valence-electron chi connectivity index (χ0n) is 11.2. The molecule has 2 amide bonds. The van der Waals surface area contributed by atoms with Crippen molar-refractivity contribution in [3.63, 3.8) is 0 Å². The minimum Gasteiger partial charge on any atom is -0.343 e. The van der Waals surface area contributed by atoms with E-state index in [1.54, 1.807) is 23.1 Å². The summed E-state index contributed by atoms with van der Waals surface area (Å²) in [6, 6.07) is 15.0. The number of hydrogen-bond donors (Lipinski definition) is 1. The second-order valence-electron chi connectivity index (χ2n) is 4.81. The number of amides is 2. The van der Waals surface area contributed by atoms with Crippen LogP contribution in [0.3, 0.4) is 0 Å². The first-order chi connectivity index (χ1) is 10.1. The van der Waals surface area contributed by atoms with Crippen LogP contribution in [0.25, 0.3) is 0 Å². The molecular formula is C16H13BrN2O2. The van der Waals surface area contributed by atoms with E-state index in [-0.39, 0.29) is 18.4 Å². The number of nitrogens with one attached hydrogen (secondary N) is 1. The van der Waals surface area contributed by atoms with Gasteiger partial charge in [0, 0.05) is 4.47 Å². The van der Waals surface area contributed by atoms with Crippen molar-refractivity contribution in [3.8, 4) is 0 Å². The minimum absolute atomic E-state index is 0.0179. The molecule has 5 heteroatoms. The smallest absolute Gasteiger partial charge is 0.253 e. The lowest BCUT2D eigenvalue weighted by Crippen LogP contribution is -2.36. The molecule has 1 aliphatic heterocycles. The fourth-order valence-electron chi connectivity index (χ4n) is 2.33. The third-order valence-electron chi connectivity index (χ3n) is 3.39. The van der Waals surface area contributed by atoms with Crippen LogP contribution in [0.15, 0.2) is 53.0 Å². The van der Waals surface area contributed by atoms with Crippen molar-refractivity contribution in [2.45, 2.75) is 6.54 Å². The number of carbonyl (C=O) groups excluding carboxylic acids is 2. The Labute approximate surface area is 130 Å². The van der Waals surface area contributed by atoms with Gasteiger partial charge in [0.05, 0.1) is 24.3 Å². The van der Waals surface area contributed by atoms with Crippen LogP contribution in [-0.2, 0) is 11.3 Å². The molecule has 2 aromatic carbocycles. The van der Waals surface area contributed by atoms with Crippen LogP contribution < -0.4 is 10.2 Å². The molecule has 0 saturated heterocycles. The fourth-order valence-corrected chi connectivity index (χ4v) is 2.59. The summed E-state index contributed by atoms with van der Waals surface area (Å²) in [5.74, 6) is -0.325. The molecule has 1 heterocycles. The zero-order valence-corrected chi connectivity index (χ0v) is 12.8. The van der Waals surface area contributed by atoms with Crippen LogP contribution in [-0.4, -0.2) is 18.4 Å². The van der Waals surface area contributed by atoms with Gasteiger partial charge in [-0.05, 0) is 29.8 Å². The maximum absolute atomic E-state index is 12.3. The topological polar surface area (TPSA) is 49.4 Å². The predicted octanol–water partition coefficient (Wildman–Crippen LogP) is 2.73. The fraction of sp³-hybridized carbons (Fsp3) is 0.125. The second-order valence-corrected chi connectivity index (χ2v) is 5.72. The second kappa shape index (κ2) is 5.69. The average molecular weight is 345 g/mol. The SMILES string of the molecule is O=C1NCC(=O)N(Cc2ccc(Br)cc2)c2ccccc21. The molecule has 1 N–H and O–H groups in total. The van der Waals surface area contributed by atoms with E-state index < -0.39 is 0 Å². The first kappa shape index (κ1) is 13.8. The van der Waals surface area contributed by atoms with E-state index in [9.17, 15) is 9.59 Å². The molecule has 3 rings (SSSR count). The number of fused-ring (bicyclic) bond motifs is 1. The van der Waals surface area contributed by atoms with Crippen molar-refractivity contribution in [2.24, 2.45) is 0 Å². The number of carbonyl (C=O) groups is 2. The van der Waals surface area contributed by atoms with Gasteiger partial charge in [0.2, 0.25) is 5.91 Å². The van der Waals surface area contributed by atoms with Crippen LogP contribution in [0.4, 0.5) is 5.69 Å². The Hall–Kier alpha value is -2.14. The Bertz CT molecular complexity index is 698. The molecule has 0 bridgehead atoms. The molecule has 2 aromatic rings. The van der Waals surface area contributed by atoms with Crippen molar-refractivity contribution in [3.05, 3.63) is 64.1 Å². The highest BCUT2D eigenvalue weighted by Gasteiger charge is 2.25. The summed E-state index contributed by atoms with van der Waals surface area (Å²) >= 11 is 3.39. The lowest BCUT2D eigenvalue weighted by Gasteiger charge is -2.22. The monoisotopic (exact) mass is 344 g/mol. The highest BCUT2D eigenvalue weighted by Crippen LogP contribution is 2.24. The van der Waals surface area contributed by atoms with Gasteiger partial charge in [-0.2, -0.15) is 0 Å². The maximum atomic E-state index is 12.3. The summed E-state index contributed by atoms with van der Waals surface area (Å²) in [5.41, 5.74) is 2.19. The van der Waals surface area contributed by atoms with Gasteiger partial charge in [-0.25, -0.2) is 0 Å². The lowest BCUT2D eigenvalue weighted by atomic mass is 10.1. The van der Waals surface area contributed by atoms with E-state index in [1.165, 1.54) is 0 Å². The summed E-state index contributed by atoms with van der Waals surface area (Å²) in [5, 5.41) is 2.64. The van der Waals surface area contributed by atoms with Crippen LogP contribution in [0.1, 0.15) is 15.9 Å². The Balaban J connectivity index is 1.99. The van der Waals surface area contributed by atoms with Gasteiger partial charge in [0.25, 0.3) is 5.91 Å². The lowest BCUT2D eigenvalue weighted by molar-refractivity contribution is -0.117. The van der Waals surface area contributed by atoms with Gasteiger partial charge in [-0.15, -0.1) is 0 Å². The number of anilines is 1. The van der Waals surface area contributed by atoms with Gasteiger partial charge >= 0.3 is 0 Å². The van der Waals surface area contributed by atoms with Crippen LogP contribution in [0.5, 0.6) is 0 Å². The van der Waals surface area contributed by atoms with E-state index in [1.807, 2.05) is 30.3 Å². The summed E-state index contributed by atoms with van der Waals surface area (Å²) in [6.07, 6.45) is 0. The van der Waals surface area contributed by atoms with Crippen molar-refractivity contribution in [1.82, 2.24) is 5.32 Å². The first-order valence-corrected chi connectivity index (χ1v) is 7.36. The molecule has 1 aliphatic rings. The van der Waals surface area contributed by atoms with Gasteiger partial charge in [-0.1, -0.05) is 40.2 Å². The summed E-state index contributed by atoms with van der Waals surface area (Å²) < 4.78 is 0.991. The van der Waals surface area contributed by atoms with Gasteiger partial charge in [0.15, 0.2) is 0 Å². The largest absolute Gasteiger partial charge is 0.343 e. The normalized spacial score (nSPS) is 14.4. The summed E-state index contributed by atoms with van der Waals surface area (Å²) in [4.78, 5) is 25.9. The van der Waals surface area contributed by atoms with Gasteiger partial charge < -0.3 is 10.2 Å². The van der Waals surface area contributed by atoms with Crippen molar-refractivity contribution >= 4 is 33.4 Å². The molecule has 0 fully saturated rings. The summed E-state index contributed by atoms with van der Waals surface area (Å²) in [7, 11) is 0. The number of para-hydroxylation sites is 1. The molecular weight excluding hydrogens is 332 g/mol. The third-order valence-corrected chi connectivity index (χ3v) is 3.92. The number of benzene rings is 2. The molecule has 21 heavy (non-hydrogen) atoms. The average Bonchev–Trinajstić information content (AvgIpc) is 2.62. The standard InChI is InChI=1S/C16H13BrN2O2/c17-12-7-5-11(6-8-12)10-19-14-4-2-1-3-13(14)16(21)18-9-15(19)20/h1-8H,9-10H2,(H,18,21). The molecule has 106 valence electrons. The molecule has 0 unspecified atom stereocenters. The van der Waals surface area contributed by atoms with Crippen LogP contribution in [0.2, 0.25) is 0 Å². The van der Waals surface area contributed by atoms with Crippen LogP contribution >= 0.6 is 15.9 Å². The summed E-state index contributed by atoms with van der Waals surface area (Å²) in [6.45, 7) is 0.460. The molecule has 0 spiro atoms. The van der Waals surface area contributed by atoms with Crippen molar-refractivity contribution in [2.75, 3.05) is 11.4 Å². The third kappa shape index (κ3) is 2.83. The zero-order chi connectivity index (χ0) is 14.8. The number of rotatable bonds is 2. The van der Waals surface area contributed by atoms with E-state index in [0.29, 0.717) is 17.8 Å². The van der Waals surface area contributed by atoms with E-state index in [4.69, 9.17) is 0 Å². The van der Waals surface area contributed by atoms with E-state index in [2.05, 4.69) is 21.2 Å². The Morgan fingerprint density at radius 3 is 2.52 bits per heavy atom. The molecule has 4 nitrogen and oxygen atoms in total. The van der Waals surface area contributed by atoms with Crippen molar-refractivity contribution in [1.29, 1.82) is 0 Å².